The van der Waals surface area contributed by atoms with Gasteiger partial charge in [0, 0.05) is 10.9 Å². The van der Waals surface area contributed by atoms with Crippen molar-refractivity contribution >= 4 is 21.6 Å². The van der Waals surface area contributed by atoms with Gasteiger partial charge in [0.25, 0.3) is 5.56 Å². The lowest BCUT2D eigenvalue weighted by Gasteiger charge is -2.07. The fourth-order valence-electron chi connectivity index (χ4n) is 1.53. The van der Waals surface area contributed by atoms with Gasteiger partial charge in [0.05, 0.1) is 11.7 Å². The molecule has 0 unspecified atom stereocenters. The average Bonchev–Trinajstić information content (AvgIpc) is 2.61. The van der Waals surface area contributed by atoms with Gasteiger partial charge in [-0.2, -0.15) is 0 Å². The van der Waals surface area contributed by atoms with Gasteiger partial charge in [-0.15, -0.1) is 11.3 Å². The number of thiophene rings is 1. The molecule has 0 saturated carbocycles. The molecule has 0 aliphatic heterocycles. The molecule has 0 aliphatic rings. The Morgan fingerprint density at radius 3 is 2.87 bits per heavy atom. The van der Waals surface area contributed by atoms with Crippen molar-refractivity contribution in [2.45, 2.75) is 33.2 Å². The highest BCUT2D eigenvalue weighted by Gasteiger charge is 2.09. The second-order valence-corrected chi connectivity index (χ2v) is 4.95. The summed E-state index contributed by atoms with van der Waals surface area (Å²) in [4.78, 5) is 18.4. The van der Waals surface area contributed by atoms with Crippen LogP contribution in [0.5, 0.6) is 0 Å². The topological polar surface area (TPSA) is 34.9 Å². The number of rotatable bonds is 2. The van der Waals surface area contributed by atoms with Crippen LogP contribution in [0.4, 0.5) is 0 Å². The molecule has 2 aromatic heterocycles. The maximum atomic E-state index is 12.0. The van der Waals surface area contributed by atoms with E-state index < -0.39 is 0 Å². The molecule has 2 rings (SSSR count). The van der Waals surface area contributed by atoms with E-state index in [0.29, 0.717) is 0 Å². The fraction of sp³-hybridized carbons (Fsp3) is 0.455. The van der Waals surface area contributed by atoms with Crippen LogP contribution in [0.3, 0.4) is 0 Å². The van der Waals surface area contributed by atoms with Crippen molar-refractivity contribution in [1.29, 1.82) is 0 Å². The summed E-state index contributed by atoms with van der Waals surface area (Å²) in [5.74, 6) is 0. The molecule has 0 amide bonds. The van der Waals surface area contributed by atoms with Gasteiger partial charge in [0.2, 0.25) is 0 Å². The summed E-state index contributed by atoms with van der Waals surface area (Å²) in [6.07, 6.45) is 2.60. The Morgan fingerprint density at radius 1 is 1.53 bits per heavy atom. The van der Waals surface area contributed by atoms with Crippen molar-refractivity contribution in [2.24, 2.45) is 0 Å². The first-order valence-electron chi connectivity index (χ1n) is 5.13. The number of hydrogen-bond donors (Lipinski definition) is 0. The molecule has 0 fully saturated rings. The van der Waals surface area contributed by atoms with Gasteiger partial charge in [-0.1, -0.05) is 6.92 Å². The second-order valence-electron chi connectivity index (χ2n) is 3.84. The number of aromatic nitrogens is 2. The molecule has 2 heterocycles. The first-order valence-corrected chi connectivity index (χ1v) is 5.94. The molecule has 0 aliphatic carbocycles. The molecular formula is C11H14N2OS. The van der Waals surface area contributed by atoms with Crippen LogP contribution < -0.4 is 5.56 Å². The van der Waals surface area contributed by atoms with Crippen LogP contribution in [-0.4, -0.2) is 9.55 Å². The quantitative estimate of drug-likeness (QED) is 0.782. The highest BCUT2D eigenvalue weighted by Crippen LogP contribution is 2.21. The van der Waals surface area contributed by atoms with Crippen LogP contribution in [-0.2, 0) is 6.42 Å². The predicted octanol–water partition coefficient (Wildman–Crippen LogP) is 2.60. The molecule has 4 heteroatoms. The SMILES string of the molecule is CCc1cc2c(=O)n(C(C)C)cnc2s1. The molecule has 15 heavy (non-hydrogen) atoms. The molecular weight excluding hydrogens is 208 g/mol. The molecule has 0 saturated heterocycles. The molecule has 0 radical (unpaired) electrons. The van der Waals surface area contributed by atoms with Crippen LogP contribution >= 0.6 is 11.3 Å². The minimum absolute atomic E-state index is 0.0750. The van der Waals surface area contributed by atoms with Crippen LogP contribution in [0, 0.1) is 0 Å². The zero-order valence-electron chi connectivity index (χ0n) is 9.15. The first kappa shape index (κ1) is 10.4. The van der Waals surface area contributed by atoms with Gasteiger partial charge >= 0.3 is 0 Å². The van der Waals surface area contributed by atoms with Crippen molar-refractivity contribution in [2.75, 3.05) is 0 Å². The van der Waals surface area contributed by atoms with E-state index in [1.807, 2.05) is 19.9 Å². The third-order valence-corrected chi connectivity index (χ3v) is 3.62. The van der Waals surface area contributed by atoms with E-state index in [-0.39, 0.29) is 11.6 Å². The molecule has 0 aromatic carbocycles. The van der Waals surface area contributed by atoms with Gasteiger partial charge in [0.1, 0.15) is 4.83 Å². The summed E-state index contributed by atoms with van der Waals surface area (Å²) in [6, 6.07) is 2.13. The van der Waals surface area contributed by atoms with Crippen LogP contribution in [0.25, 0.3) is 10.2 Å². The molecule has 0 atom stereocenters. The second kappa shape index (κ2) is 3.77. The normalized spacial score (nSPS) is 11.5. The summed E-state index contributed by atoms with van der Waals surface area (Å²) in [6.45, 7) is 6.07. The summed E-state index contributed by atoms with van der Waals surface area (Å²) >= 11 is 1.61. The van der Waals surface area contributed by atoms with Gasteiger partial charge in [0.15, 0.2) is 0 Å². The Hall–Kier alpha value is -1.16. The molecule has 0 bridgehead atoms. The monoisotopic (exact) mass is 222 g/mol. The van der Waals surface area contributed by atoms with Crippen LogP contribution in [0.2, 0.25) is 0 Å². The lowest BCUT2D eigenvalue weighted by Crippen LogP contribution is -2.21. The van der Waals surface area contributed by atoms with Crippen molar-refractivity contribution in [1.82, 2.24) is 9.55 Å². The Bertz CT molecular complexity index is 539. The van der Waals surface area contributed by atoms with Crippen LogP contribution in [0.1, 0.15) is 31.7 Å². The summed E-state index contributed by atoms with van der Waals surface area (Å²) in [7, 11) is 0. The van der Waals surface area contributed by atoms with E-state index in [0.717, 1.165) is 16.6 Å². The summed E-state index contributed by atoms with van der Waals surface area (Å²) in [5, 5.41) is 0.757. The van der Waals surface area contributed by atoms with E-state index in [9.17, 15) is 4.79 Å². The van der Waals surface area contributed by atoms with E-state index in [4.69, 9.17) is 0 Å². The Labute approximate surface area is 92.4 Å². The van der Waals surface area contributed by atoms with Crippen molar-refractivity contribution < 1.29 is 0 Å². The minimum Gasteiger partial charge on any atom is -0.296 e. The van der Waals surface area contributed by atoms with Gasteiger partial charge in [-0.3, -0.25) is 9.36 Å². The van der Waals surface area contributed by atoms with Gasteiger partial charge in [-0.25, -0.2) is 4.98 Å². The third kappa shape index (κ3) is 1.69. The van der Waals surface area contributed by atoms with Gasteiger partial charge < -0.3 is 0 Å². The maximum absolute atomic E-state index is 12.0. The predicted molar refractivity (Wildman–Crippen MR) is 63.6 cm³/mol. The lowest BCUT2D eigenvalue weighted by atomic mass is 10.3. The molecule has 3 nitrogen and oxygen atoms in total. The zero-order valence-corrected chi connectivity index (χ0v) is 9.97. The number of nitrogens with zero attached hydrogens (tertiary/aromatic N) is 2. The highest BCUT2D eigenvalue weighted by molar-refractivity contribution is 7.18. The van der Waals surface area contributed by atoms with E-state index in [1.165, 1.54) is 4.88 Å². The molecule has 2 aromatic rings. The minimum atomic E-state index is 0.0750. The molecule has 0 spiro atoms. The number of hydrogen-bond acceptors (Lipinski definition) is 3. The Kier molecular flexibility index (Phi) is 2.61. The van der Waals surface area contributed by atoms with Crippen molar-refractivity contribution in [3.63, 3.8) is 0 Å². The van der Waals surface area contributed by atoms with Crippen molar-refractivity contribution in [3.8, 4) is 0 Å². The van der Waals surface area contributed by atoms with Crippen LogP contribution in [0.15, 0.2) is 17.2 Å². The standard InChI is InChI=1S/C11H14N2OS/c1-4-8-5-9-10(15-8)12-6-13(7(2)3)11(9)14/h5-7H,4H2,1-3H3. The fourth-order valence-corrected chi connectivity index (χ4v) is 2.45. The Balaban J connectivity index is 2.73. The average molecular weight is 222 g/mol. The smallest absolute Gasteiger partial charge is 0.262 e. The van der Waals surface area contributed by atoms with Gasteiger partial charge in [-0.05, 0) is 26.3 Å². The lowest BCUT2D eigenvalue weighted by molar-refractivity contribution is 0.574. The zero-order chi connectivity index (χ0) is 11.0. The van der Waals surface area contributed by atoms with E-state index in [1.54, 1.807) is 22.2 Å². The highest BCUT2D eigenvalue weighted by atomic mass is 32.1. The summed E-state index contributed by atoms with van der Waals surface area (Å²) in [5.41, 5.74) is 0.0750. The summed E-state index contributed by atoms with van der Waals surface area (Å²) < 4.78 is 1.68. The number of fused-ring (bicyclic) bond motifs is 1. The third-order valence-electron chi connectivity index (χ3n) is 2.43. The van der Waals surface area contributed by atoms with E-state index in [2.05, 4.69) is 11.9 Å². The largest absolute Gasteiger partial charge is 0.296 e. The Morgan fingerprint density at radius 2 is 2.27 bits per heavy atom. The number of aryl methyl sites for hydroxylation is 1. The molecule has 0 N–H and O–H groups in total. The molecule has 80 valence electrons. The van der Waals surface area contributed by atoms with Crippen molar-refractivity contribution in [3.05, 3.63) is 27.6 Å². The van der Waals surface area contributed by atoms with E-state index >= 15 is 0 Å². The first-order chi connectivity index (χ1) is 7.13. The maximum Gasteiger partial charge on any atom is 0.262 e.